The van der Waals surface area contributed by atoms with Crippen LogP contribution < -0.4 is 5.32 Å². The van der Waals surface area contributed by atoms with Crippen molar-refractivity contribution in [3.63, 3.8) is 0 Å². The Kier molecular flexibility index (Phi) is 7.60. The molecule has 126 valence electrons. The molecule has 0 aliphatic carbocycles. The molecule has 1 aliphatic rings. The van der Waals surface area contributed by atoms with Gasteiger partial charge in [-0.2, -0.15) is 0 Å². The highest BCUT2D eigenvalue weighted by molar-refractivity contribution is 7.91. The summed E-state index contributed by atoms with van der Waals surface area (Å²) in [6, 6.07) is 0.170. The molecule has 1 rings (SSSR count). The molecule has 0 aromatic rings. The number of rotatable bonds is 10. The van der Waals surface area contributed by atoms with Crippen LogP contribution in [0.25, 0.3) is 0 Å². The summed E-state index contributed by atoms with van der Waals surface area (Å²) < 4.78 is 23.0. The predicted molar refractivity (Wildman–Crippen MR) is 87.3 cm³/mol. The van der Waals surface area contributed by atoms with E-state index in [1.807, 2.05) is 7.05 Å². The molecular weight excluding hydrogens is 288 g/mol. The van der Waals surface area contributed by atoms with Crippen molar-refractivity contribution in [2.24, 2.45) is 0 Å². The lowest BCUT2D eigenvalue weighted by Gasteiger charge is -2.33. The minimum Gasteiger partial charge on any atom is -0.394 e. The molecule has 2 N–H and O–H groups in total. The van der Waals surface area contributed by atoms with Crippen molar-refractivity contribution < 1.29 is 13.5 Å². The van der Waals surface area contributed by atoms with Gasteiger partial charge < -0.3 is 15.3 Å². The molecule has 1 fully saturated rings. The molecule has 0 amide bonds. The van der Waals surface area contributed by atoms with Crippen LogP contribution in [0.3, 0.4) is 0 Å². The maximum absolute atomic E-state index is 11.5. The van der Waals surface area contributed by atoms with Crippen LogP contribution >= 0.6 is 0 Å². The monoisotopic (exact) mass is 320 g/mol. The average molecular weight is 320 g/mol. The molecule has 0 aromatic carbocycles. The number of hydrogen-bond donors (Lipinski definition) is 2. The van der Waals surface area contributed by atoms with E-state index < -0.39 is 9.84 Å². The lowest BCUT2D eigenvalue weighted by Crippen LogP contribution is -2.49. The Morgan fingerprint density at radius 2 is 2.10 bits per heavy atom. The largest absolute Gasteiger partial charge is 0.394 e. The van der Waals surface area contributed by atoms with Gasteiger partial charge in [0.1, 0.15) is 0 Å². The average Bonchev–Trinajstić information content (AvgIpc) is 2.83. The standard InChI is InChI=1S/C15H32N2O3S/c1-4-9-16-15(5-2,13-18)8-6-10-17(3)14-7-11-21(19,20)12-14/h14,16,18H,4-13H2,1-3H3. The van der Waals surface area contributed by atoms with E-state index in [9.17, 15) is 13.5 Å². The van der Waals surface area contributed by atoms with E-state index in [4.69, 9.17) is 0 Å². The minimum atomic E-state index is -2.81. The Bertz CT molecular complexity index is 394. The normalized spacial score (nSPS) is 24.3. The highest BCUT2D eigenvalue weighted by atomic mass is 32.2. The fourth-order valence-electron chi connectivity index (χ4n) is 3.00. The van der Waals surface area contributed by atoms with E-state index in [1.165, 1.54) is 0 Å². The minimum absolute atomic E-state index is 0.158. The van der Waals surface area contributed by atoms with Crippen molar-refractivity contribution >= 4 is 9.84 Å². The van der Waals surface area contributed by atoms with E-state index in [0.717, 1.165) is 45.2 Å². The van der Waals surface area contributed by atoms with Crippen LogP contribution in [0.15, 0.2) is 0 Å². The number of sulfone groups is 1. The third kappa shape index (κ3) is 5.85. The van der Waals surface area contributed by atoms with Gasteiger partial charge in [-0.15, -0.1) is 0 Å². The Labute approximate surface area is 130 Å². The molecule has 6 heteroatoms. The summed E-state index contributed by atoms with van der Waals surface area (Å²) in [7, 11) is -0.798. The lowest BCUT2D eigenvalue weighted by atomic mass is 9.91. The van der Waals surface area contributed by atoms with Crippen molar-refractivity contribution in [2.45, 2.75) is 57.5 Å². The van der Waals surface area contributed by atoms with Crippen LogP contribution in [0, 0.1) is 0 Å². The molecule has 1 aliphatic heterocycles. The fourth-order valence-corrected chi connectivity index (χ4v) is 4.80. The zero-order chi connectivity index (χ0) is 15.9. The van der Waals surface area contributed by atoms with Gasteiger partial charge in [0.15, 0.2) is 9.84 Å². The highest BCUT2D eigenvalue weighted by Gasteiger charge is 2.31. The van der Waals surface area contributed by atoms with Crippen molar-refractivity contribution in [2.75, 3.05) is 38.2 Å². The van der Waals surface area contributed by atoms with Gasteiger partial charge in [-0.1, -0.05) is 13.8 Å². The van der Waals surface area contributed by atoms with Crippen LogP contribution in [0.5, 0.6) is 0 Å². The molecule has 5 nitrogen and oxygen atoms in total. The zero-order valence-corrected chi connectivity index (χ0v) is 14.6. The first-order chi connectivity index (χ1) is 9.88. The van der Waals surface area contributed by atoms with Gasteiger partial charge in [-0.3, -0.25) is 0 Å². The van der Waals surface area contributed by atoms with Crippen LogP contribution in [0.2, 0.25) is 0 Å². The Morgan fingerprint density at radius 3 is 2.57 bits per heavy atom. The topological polar surface area (TPSA) is 69.6 Å². The van der Waals surface area contributed by atoms with Gasteiger partial charge >= 0.3 is 0 Å². The molecule has 0 bridgehead atoms. The second-order valence-corrected chi connectivity index (χ2v) is 8.59. The van der Waals surface area contributed by atoms with Gasteiger partial charge in [-0.25, -0.2) is 8.42 Å². The van der Waals surface area contributed by atoms with E-state index in [0.29, 0.717) is 11.5 Å². The van der Waals surface area contributed by atoms with Crippen molar-refractivity contribution in [3.8, 4) is 0 Å². The molecule has 2 unspecified atom stereocenters. The van der Waals surface area contributed by atoms with Gasteiger partial charge in [0, 0.05) is 11.6 Å². The predicted octanol–water partition coefficient (Wildman–Crippen LogP) is 1.03. The van der Waals surface area contributed by atoms with Gasteiger partial charge in [0.05, 0.1) is 18.1 Å². The fraction of sp³-hybridized carbons (Fsp3) is 1.00. The third-order valence-corrected chi connectivity index (χ3v) is 6.48. The van der Waals surface area contributed by atoms with E-state index in [-0.39, 0.29) is 18.2 Å². The molecule has 2 atom stereocenters. The quantitative estimate of drug-likeness (QED) is 0.629. The number of nitrogens with zero attached hydrogens (tertiary/aromatic N) is 1. The third-order valence-electron chi connectivity index (χ3n) is 4.73. The maximum atomic E-state index is 11.5. The van der Waals surface area contributed by atoms with Crippen molar-refractivity contribution in [1.82, 2.24) is 10.2 Å². The Morgan fingerprint density at radius 1 is 1.38 bits per heavy atom. The summed E-state index contributed by atoms with van der Waals surface area (Å²) in [6.45, 7) is 6.19. The number of aliphatic hydroxyl groups excluding tert-OH is 1. The van der Waals surface area contributed by atoms with E-state index in [2.05, 4.69) is 24.1 Å². The van der Waals surface area contributed by atoms with Crippen LogP contribution in [-0.4, -0.2) is 68.3 Å². The molecule has 0 saturated carbocycles. The summed E-state index contributed by atoms with van der Waals surface area (Å²) in [5, 5.41) is 13.2. The molecule has 1 heterocycles. The zero-order valence-electron chi connectivity index (χ0n) is 13.8. The Hall–Kier alpha value is -0.170. The van der Waals surface area contributed by atoms with Gasteiger partial charge in [-0.05, 0) is 52.2 Å². The van der Waals surface area contributed by atoms with E-state index >= 15 is 0 Å². The highest BCUT2D eigenvalue weighted by Crippen LogP contribution is 2.20. The van der Waals surface area contributed by atoms with Crippen LogP contribution in [0.1, 0.15) is 46.0 Å². The Balaban J connectivity index is 2.39. The number of hydrogen-bond acceptors (Lipinski definition) is 5. The summed E-state index contributed by atoms with van der Waals surface area (Å²) in [4.78, 5) is 2.17. The molecule has 0 radical (unpaired) electrons. The summed E-state index contributed by atoms with van der Waals surface area (Å²) >= 11 is 0. The first-order valence-corrected chi connectivity index (χ1v) is 9.96. The smallest absolute Gasteiger partial charge is 0.151 e. The summed E-state index contributed by atoms with van der Waals surface area (Å²) in [6.07, 6.45) is 4.61. The van der Waals surface area contributed by atoms with Gasteiger partial charge in [0.2, 0.25) is 0 Å². The first kappa shape index (κ1) is 18.9. The molecule has 21 heavy (non-hydrogen) atoms. The van der Waals surface area contributed by atoms with E-state index in [1.54, 1.807) is 0 Å². The van der Waals surface area contributed by atoms with Crippen molar-refractivity contribution in [3.05, 3.63) is 0 Å². The SMILES string of the molecule is CCCNC(CC)(CO)CCCN(C)C1CCS(=O)(=O)C1. The number of nitrogens with one attached hydrogen (secondary N) is 1. The van der Waals surface area contributed by atoms with Crippen LogP contribution in [-0.2, 0) is 9.84 Å². The maximum Gasteiger partial charge on any atom is 0.151 e. The molecule has 0 aromatic heterocycles. The number of aliphatic hydroxyl groups is 1. The van der Waals surface area contributed by atoms with Crippen molar-refractivity contribution in [1.29, 1.82) is 0 Å². The van der Waals surface area contributed by atoms with Gasteiger partial charge in [0.25, 0.3) is 0 Å². The summed E-state index contributed by atoms with van der Waals surface area (Å²) in [5.41, 5.74) is -0.182. The van der Waals surface area contributed by atoms with Crippen LogP contribution in [0.4, 0.5) is 0 Å². The molecule has 0 spiro atoms. The lowest BCUT2D eigenvalue weighted by molar-refractivity contribution is 0.137. The second-order valence-electron chi connectivity index (χ2n) is 6.36. The summed E-state index contributed by atoms with van der Waals surface area (Å²) in [5.74, 6) is 0.631. The molecular formula is C15H32N2O3S. The second kappa shape index (κ2) is 8.46. The molecule has 1 saturated heterocycles. The first-order valence-electron chi connectivity index (χ1n) is 8.14.